The van der Waals surface area contributed by atoms with E-state index in [9.17, 15) is 4.79 Å². The van der Waals surface area contributed by atoms with Crippen LogP contribution in [0.3, 0.4) is 0 Å². The van der Waals surface area contributed by atoms with Gasteiger partial charge in [-0.2, -0.15) is 0 Å². The predicted octanol–water partition coefficient (Wildman–Crippen LogP) is 2.88. The van der Waals surface area contributed by atoms with Crippen molar-refractivity contribution in [3.63, 3.8) is 0 Å². The number of carbonyl (C=O) groups excluding carboxylic acids is 1. The minimum absolute atomic E-state index is 0.197. The fraction of sp³-hybridized carbons (Fsp3) is 0.588. The number of hydrogen-bond donors (Lipinski definition) is 1. The molecule has 1 unspecified atom stereocenters. The number of nitrogens with one attached hydrogen (secondary N) is 1. The molecule has 124 valence electrons. The van der Waals surface area contributed by atoms with Crippen LogP contribution in [0.5, 0.6) is 5.75 Å². The van der Waals surface area contributed by atoms with Gasteiger partial charge >= 0.3 is 5.97 Å². The highest BCUT2D eigenvalue weighted by Crippen LogP contribution is 2.15. The van der Waals surface area contributed by atoms with Crippen molar-refractivity contribution in [2.45, 2.75) is 53.1 Å². The Morgan fingerprint density at radius 2 is 1.86 bits per heavy atom. The Morgan fingerprint density at radius 3 is 2.45 bits per heavy atom. The second kappa shape index (κ2) is 10.2. The van der Waals surface area contributed by atoms with Gasteiger partial charge in [0.05, 0.1) is 6.61 Å². The molecule has 0 amide bonds. The van der Waals surface area contributed by atoms with E-state index in [2.05, 4.69) is 19.2 Å². The molecule has 5 nitrogen and oxygen atoms in total. The Hall–Kier alpha value is -1.59. The van der Waals surface area contributed by atoms with Crippen LogP contribution in [0.4, 0.5) is 0 Å². The highest BCUT2D eigenvalue weighted by molar-refractivity contribution is 5.68. The Morgan fingerprint density at radius 1 is 1.18 bits per heavy atom. The average molecular weight is 309 g/mol. The van der Waals surface area contributed by atoms with Crippen LogP contribution in [-0.2, 0) is 20.9 Å². The van der Waals surface area contributed by atoms with Crippen LogP contribution in [0.1, 0.15) is 39.7 Å². The molecular weight excluding hydrogens is 282 g/mol. The van der Waals surface area contributed by atoms with Gasteiger partial charge in [0.1, 0.15) is 12.4 Å². The molecule has 0 aromatic heterocycles. The third-order valence-corrected chi connectivity index (χ3v) is 2.92. The molecule has 1 aromatic rings. The summed E-state index contributed by atoms with van der Waals surface area (Å²) in [5.74, 6) is 0.534. The van der Waals surface area contributed by atoms with Crippen molar-refractivity contribution in [1.29, 1.82) is 0 Å². The lowest BCUT2D eigenvalue weighted by Gasteiger charge is -2.16. The lowest BCUT2D eigenvalue weighted by Crippen LogP contribution is -2.29. The number of hydrogen-bond acceptors (Lipinski definition) is 5. The van der Waals surface area contributed by atoms with Crippen LogP contribution in [0.25, 0.3) is 0 Å². The van der Waals surface area contributed by atoms with Crippen LogP contribution >= 0.6 is 0 Å². The maximum atomic E-state index is 11.1. The number of carbonyl (C=O) groups is 1. The molecule has 0 aliphatic heterocycles. The molecule has 0 aliphatic carbocycles. The largest absolute Gasteiger partial charge is 0.465 e. The molecule has 0 saturated heterocycles. The molecule has 0 fully saturated rings. The fourth-order valence-electron chi connectivity index (χ4n) is 1.73. The molecule has 1 aromatic carbocycles. The molecule has 1 N–H and O–H groups in total. The highest BCUT2D eigenvalue weighted by atomic mass is 16.7. The van der Waals surface area contributed by atoms with Gasteiger partial charge < -0.3 is 19.5 Å². The summed E-state index contributed by atoms with van der Waals surface area (Å²) in [5, 5.41) is 3.28. The molecule has 0 saturated carbocycles. The van der Waals surface area contributed by atoms with Crippen LogP contribution in [-0.4, -0.2) is 31.5 Å². The Bertz CT molecular complexity index is 431. The number of ether oxygens (including phenoxy) is 3. The summed E-state index contributed by atoms with van der Waals surface area (Å²) in [6.45, 7) is 9.53. The maximum Gasteiger partial charge on any atom is 0.305 e. The normalized spacial score (nSPS) is 12.2. The number of benzene rings is 1. The third-order valence-electron chi connectivity index (χ3n) is 2.92. The zero-order chi connectivity index (χ0) is 16.4. The summed E-state index contributed by atoms with van der Waals surface area (Å²) in [7, 11) is 0. The molecule has 5 heteroatoms. The van der Waals surface area contributed by atoms with E-state index in [4.69, 9.17) is 14.2 Å². The van der Waals surface area contributed by atoms with Crippen LogP contribution in [0.2, 0.25) is 0 Å². The van der Waals surface area contributed by atoms with Gasteiger partial charge in [0.2, 0.25) is 0 Å². The monoisotopic (exact) mass is 309 g/mol. The minimum Gasteiger partial charge on any atom is -0.465 e. The molecule has 22 heavy (non-hydrogen) atoms. The molecule has 0 heterocycles. The fourth-order valence-corrected chi connectivity index (χ4v) is 1.73. The quantitative estimate of drug-likeness (QED) is 0.409. The van der Waals surface area contributed by atoms with Crippen molar-refractivity contribution < 1.29 is 19.0 Å². The lowest BCUT2D eigenvalue weighted by atomic mass is 10.2. The predicted molar refractivity (Wildman–Crippen MR) is 85.7 cm³/mol. The minimum atomic E-state index is -0.308. The summed E-state index contributed by atoms with van der Waals surface area (Å²) < 4.78 is 16.3. The first-order chi connectivity index (χ1) is 10.5. The van der Waals surface area contributed by atoms with Crippen LogP contribution in [0, 0.1) is 0 Å². The molecule has 0 bridgehead atoms. The Labute approximate surface area is 132 Å². The van der Waals surface area contributed by atoms with Crippen molar-refractivity contribution in [2.75, 3.05) is 13.2 Å². The van der Waals surface area contributed by atoms with Gasteiger partial charge in [-0.1, -0.05) is 32.9 Å². The standard InChI is InChI=1S/C17H27NO4/c1-5-17(19)21-12-15-6-8-16(9-7-15)22-14(4)20-11-10-18-13(2)3/h6-9,13-14,18H,5,10-12H2,1-4H3. The van der Waals surface area contributed by atoms with E-state index in [0.29, 0.717) is 25.7 Å². The third kappa shape index (κ3) is 8.00. The van der Waals surface area contributed by atoms with Crippen molar-refractivity contribution in [2.24, 2.45) is 0 Å². The van der Waals surface area contributed by atoms with E-state index in [1.54, 1.807) is 6.92 Å². The molecule has 1 atom stereocenters. The average Bonchev–Trinajstić information content (AvgIpc) is 2.50. The zero-order valence-corrected chi connectivity index (χ0v) is 13.9. The van der Waals surface area contributed by atoms with Gasteiger partial charge in [-0.05, 0) is 24.6 Å². The van der Waals surface area contributed by atoms with E-state index in [1.165, 1.54) is 0 Å². The van der Waals surface area contributed by atoms with E-state index < -0.39 is 0 Å². The van der Waals surface area contributed by atoms with Crippen molar-refractivity contribution in [1.82, 2.24) is 5.32 Å². The summed E-state index contributed by atoms with van der Waals surface area (Å²) in [4.78, 5) is 11.1. The summed E-state index contributed by atoms with van der Waals surface area (Å²) in [5.41, 5.74) is 0.934. The number of esters is 1. The molecule has 0 radical (unpaired) electrons. The van der Waals surface area contributed by atoms with E-state index in [1.807, 2.05) is 31.2 Å². The number of rotatable bonds is 10. The van der Waals surface area contributed by atoms with Crippen molar-refractivity contribution in [3.05, 3.63) is 29.8 Å². The molecule has 0 spiro atoms. The van der Waals surface area contributed by atoms with Crippen molar-refractivity contribution >= 4 is 5.97 Å². The zero-order valence-electron chi connectivity index (χ0n) is 13.9. The summed E-state index contributed by atoms with van der Waals surface area (Å²) in [6.07, 6.45) is 0.0829. The van der Waals surface area contributed by atoms with Gasteiger partial charge in [0.25, 0.3) is 0 Å². The van der Waals surface area contributed by atoms with Gasteiger partial charge in [-0.25, -0.2) is 0 Å². The van der Waals surface area contributed by atoms with Crippen molar-refractivity contribution in [3.8, 4) is 5.75 Å². The Kier molecular flexibility index (Phi) is 8.55. The lowest BCUT2D eigenvalue weighted by molar-refractivity contribution is -0.144. The first-order valence-electron chi connectivity index (χ1n) is 7.77. The van der Waals surface area contributed by atoms with Gasteiger partial charge in [-0.3, -0.25) is 4.79 Å². The molecule has 1 rings (SSSR count). The van der Waals surface area contributed by atoms with E-state index in [0.717, 1.165) is 17.9 Å². The summed E-state index contributed by atoms with van der Waals surface area (Å²) >= 11 is 0. The van der Waals surface area contributed by atoms with Gasteiger partial charge in [-0.15, -0.1) is 0 Å². The smallest absolute Gasteiger partial charge is 0.305 e. The molecular formula is C17H27NO4. The van der Waals surface area contributed by atoms with Crippen LogP contribution in [0.15, 0.2) is 24.3 Å². The first-order valence-corrected chi connectivity index (χ1v) is 7.77. The molecule has 0 aliphatic rings. The van der Waals surface area contributed by atoms with Crippen LogP contribution < -0.4 is 10.1 Å². The second-order valence-electron chi connectivity index (χ2n) is 5.32. The van der Waals surface area contributed by atoms with Gasteiger partial charge in [0, 0.05) is 19.0 Å². The first kappa shape index (κ1) is 18.5. The second-order valence-corrected chi connectivity index (χ2v) is 5.32. The Balaban J connectivity index is 2.29. The van der Waals surface area contributed by atoms with E-state index >= 15 is 0 Å². The van der Waals surface area contributed by atoms with Gasteiger partial charge in [0.15, 0.2) is 6.29 Å². The summed E-state index contributed by atoms with van der Waals surface area (Å²) in [6, 6.07) is 7.91. The SMILES string of the molecule is CCC(=O)OCc1ccc(OC(C)OCCNC(C)C)cc1. The van der Waals surface area contributed by atoms with E-state index in [-0.39, 0.29) is 12.3 Å². The topological polar surface area (TPSA) is 56.8 Å². The maximum absolute atomic E-state index is 11.1. The highest BCUT2D eigenvalue weighted by Gasteiger charge is 2.05.